The highest BCUT2D eigenvalue weighted by Gasteiger charge is 2.20. The van der Waals surface area contributed by atoms with E-state index in [1.165, 1.54) is 22.7 Å². The van der Waals surface area contributed by atoms with Crippen molar-refractivity contribution in [2.45, 2.75) is 45.7 Å². The van der Waals surface area contributed by atoms with Gasteiger partial charge in [-0.15, -0.1) is 0 Å². The molecule has 0 saturated carbocycles. The molecule has 2 heterocycles. The van der Waals surface area contributed by atoms with Crippen molar-refractivity contribution in [2.75, 3.05) is 18.4 Å². The number of nitrogens with one attached hydrogen (secondary N) is 1. The molecule has 1 aromatic carbocycles. The lowest BCUT2D eigenvalue weighted by Crippen LogP contribution is -2.41. The second-order valence-electron chi connectivity index (χ2n) is 6.33. The van der Waals surface area contributed by atoms with E-state index in [4.69, 9.17) is 0 Å². The van der Waals surface area contributed by atoms with Crippen LogP contribution in [0.4, 0.5) is 5.13 Å². The minimum atomic E-state index is 0.391. The van der Waals surface area contributed by atoms with Crippen molar-refractivity contribution < 1.29 is 0 Å². The zero-order valence-electron chi connectivity index (χ0n) is 13.5. The zero-order valence-corrected chi connectivity index (χ0v) is 14.4. The summed E-state index contributed by atoms with van der Waals surface area (Å²) >= 11 is 1.46. The molecule has 0 amide bonds. The fourth-order valence-corrected chi connectivity index (χ4v) is 3.51. The Morgan fingerprint density at radius 3 is 2.73 bits per heavy atom. The first-order valence-corrected chi connectivity index (χ1v) is 8.79. The minimum Gasteiger partial charge on any atom is -0.359 e. The number of hydrogen-bond acceptors (Lipinski definition) is 5. The third-order valence-corrected chi connectivity index (χ3v) is 4.98. The number of aromatic nitrogens is 2. The zero-order chi connectivity index (χ0) is 15.5. The molecule has 1 atom stereocenters. The van der Waals surface area contributed by atoms with Crippen molar-refractivity contribution in [2.24, 2.45) is 0 Å². The molecule has 3 rings (SSSR count). The molecule has 5 heteroatoms. The summed E-state index contributed by atoms with van der Waals surface area (Å²) in [5.74, 6) is 1.33. The topological polar surface area (TPSA) is 41.1 Å². The van der Waals surface area contributed by atoms with Crippen molar-refractivity contribution in [1.82, 2.24) is 14.3 Å². The molecule has 1 aliphatic heterocycles. The summed E-state index contributed by atoms with van der Waals surface area (Å²) in [6.07, 6.45) is 1.15. The van der Waals surface area contributed by atoms with Crippen LogP contribution in [-0.4, -0.2) is 33.4 Å². The van der Waals surface area contributed by atoms with Gasteiger partial charge in [-0.05, 0) is 24.5 Å². The fraction of sp³-hybridized carbons (Fsp3) is 0.529. The maximum atomic E-state index is 4.54. The Labute approximate surface area is 136 Å². The van der Waals surface area contributed by atoms with Crippen molar-refractivity contribution in [3.63, 3.8) is 0 Å². The van der Waals surface area contributed by atoms with Gasteiger partial charge in [0.15, 0.2) is 0 Å². The van der Waals surface area contributed by atoms with E-state index in [1.807, 2.05) is 0 Å². The van der Waals surface area contributed by atoms with E-state index >= 15 is 0 Å². The lowest BCUT2D eigenvalue weighted by atomic mass is 9.99. The molecule has 0 fully saturated rings. The number of benzene rings is 1. The van der Waals surface area contributed by atoms with Crippen LogP contribution in [0.1, 0.15) is 43.6 Å². The summed E-state index contributed by atoms with van der Waals surface area (Å²) < 4.78 is 4.39. The maximum Gasteiger partial charge on any atom is 0.202 e. The van der Waals surface area contributed by atoms with Gasteiger partial charge in [-0.25, -0.2) is 4.98 Å². The number of rotatable bonds is 5. The van der Waals surface area contributed by atoms with E-state index in [2.05, 4.69) is 64.6 Å². The fourth-order valence-electron chi connectivity index (χ4n) is 2.80. The molecule has 22 heavy (non-hydrogen) atoms. The largest absolute Gasteiger partial charge is 0.359 e. The average Bonchev–Trinajstić information content (AvgIpc) is 3.01. The van der Waals surface area contributed by atoms with Gasteiger partial charge in [-0.1, -0.05) is 38.1 Å². The molecular formula is C17H24N4S. The SMILES string of the molecule is CC(C)c1nsc(NCC(C)N2CCc3ccccc3C2)n1. The first kappa shape index (κ1) is 15.4. The van der Waals surface area contributed by atoms with Crippen LogP contribution in [0.5, 0.6) is 0 Å². The predicted octanol–water partition coefficient (Wildman–Crippen LogP) is 3.52. The Morgan fingerprint density at radius 2 is 2.00 bits per heavy atom. The van der Waals surface area contributed by atoms with Gasteiger partial charge in [0.05, 0.1) is 0 Å². The Balaban J connectivity index is 1.55. The lowest BCUT2D eigenvalue weighted by Gasteiger charge is -2.33. The quantitative estimate of drug-likeness (QED) is 0.916. The first-order chi connectivity index (χ1) is 10.6. The highest BCUT2D eigenvalue weighted by atomic mass is 32.1. The van der Waals surface area contributed by atoms with Crippen LogP contribution in [0, 0.1) is 0 Å². The number of hydrogen-bond donors (Lipinski definition) is 1. The van der Waals surface area contributed by atoms with Gasteiger partial charge in [-0.3, -0.25) is 4.90 Å². The van der Waals surface area contributed by atoms with Crippen LogP contribution in [-0.2, 0) is 13.0 Å². The standard InChI is InChI=1S/C17H24N4S/c1-12(2)16-19-17(22-20-16)18-10-13(3)21-9-8-14-6-4-5-7-15(14)11-21/h4-7,12-13H,8-11H2,1-3H3,(H,18,19,20). The van der Waals surface area contributed by atoms with E-state index in [0.29, 0.717) is 12.0 Å². The molecule has 1 N–H and O–H groups in total. The van der Waals surface area contributed by atoms with Gasteiger partial charge in [0.2, 0.25) is 5.13 Å². The molecule has 1 aliphatic rings. The predicted molar refractivity (Wildman–Crippen MR) is 92.5 cm³/mol. The van der Waals surface area contributed by atoms with Crippen molar-refractivity contribution in [3.8, 4) is 0 Å². The van der Waals surface area contributed by atoms with Gasteiger partial charge in [0.25, 0.3) is 0 Å². The monoisotopic (exact) mass is 316 g/mol. The summed E-state index contributed by atoms with van der Waals surface area (Å²) in [5, 5.41) is 4.38. The molecule has 0 radical (unpaired) electrons. The van der Waals surface area contributed by atoms with Gasteiger partial charge >= 0.3 is 0 Å². The van der Waals surface area contributed by atoms with E-state index in [9.17, 15) is 0 Å². The van der Waals surface area contributed by atoms with Crippen LogP contribution >= 0.6 is 11.5 Å². The molecule has 118 valence electrons. The average molecular weight is 316 g/mol. The van der Waals surface area contributed by atoms with Crippen molar-refractivity contribution in [1.29, 1.82) is 0 Å². The van der Waals surface area contributed by atoms with E-state index in [1.54, 1.807) is 0 Å². The smallest absolute Gasteiger partial charge is 0.202 e. The second-order valence-corrected chi connectivity index (χ2v) is 7.08. The van der Waals surface area contributed by atoms with Gasteiger partial charge in [0, 0.05) is 43.1 Å². The lowest BCUT2D eigenvalue weighted by molar-refractivity contribution is 0.198. The summed E-state index contributed by atoms with van der Waals surface area (Å²) in [4.78, 5) is 7.08. The van der Waals surface area contributed by atoms with Gasteiger partial charge in [-0.2, -0.15) is 4.37 Å². The van der Waals surface area contributed by atoms with Crippen LogP contribution in [0.25, 0.3) is 0 Å². The summed E-state index contributed by atoms with van der Waals surface area (Å²) in [6, 6.07) is 9.27. The molecule has 0 aliphatic carbocycles. The molecule has 0 bridgehead atoms. The van der Waals surface area contributed by atoms with Crippen LogP contribution in [0.3, 0.4) is 0 Å². The molecule has 0 saturated heterocycles. The number of anilines is 1. The third kappa shape index (κ3) is 3.47. The Hall–Kier alpha value is -1.46. The third-order valence-electron chi connectivity index (χ3n) is 4.29. The molecule has 1 unspecified atom stereocenters. The molecule has 1 aromatic heterocycles. The van der Waals surface area contributed by atoms with Crippen LogP contribution in [0.2, 0.25) is 0 Å². The number of fused-ring (bicyclic) bond motifs is 1. The minimum absolute atomic E-state index is 0.391. The molecule has 2 aromatic rings. The van der Waals surface area contributed by atoms with Crippen LogP contribution < -0.4 is 5.32 Å². The Morgan fingerprint density at radius 1 is 1.23 bits per heavy atom. The van der Waals surface area contributed by atoms with Gasteiger partial charge < -0.3 is 5.32 Å². The van der Waals surface area contributed by atoms with Crippen LogP contribution in [0.15, 0.2) is 24.3 Å². The first-order valence-electron chi connectivity index (χ1n) is 8.02. The normalized spacial score (nSPS) is 16.5. The van der Waals surface area contributed by atoms with Crippen molar-refractivity contribution in [3.05, 3.63) is 41.2 Å². The second kappa shape index (κ2) is 6.75. The Bertz CT molecular complexity index is 623. The number of nitrogens with zero attached hydrogens (tertiary/aromatic N) is 3. The highest BCUT2D eigenvalue weighted by molar-refractivity contribution is 7.09. The summed E-state index contributed by atoms with van der Waals surface area (Å²) in [6.45, 7) is 9.62. The maximum absolute atomic E-state index is 4.54. The van der Waals surface area contributed by atoms with E-state index in [0.717, 1.165) is 37.0 Å². The Kier molecular flexibility index (Phi) is 4.74. The highest BCUT2D eigenvalue weighted by Crippen LogP contribution is 2.21. The molecular weight excluding hydrogens is 292 g/mol. The molecule has 4 nitrogen and oxygen atoms in total. The van der Waals surface area contributed by atoms with Gasteiger partial charge in [0.1, 0.15) is 5.82 Å². The molecule has 0 spiro atoms. The van der Waals surface area contributed by atoms with Crippen molar-refractivity contribution >= 4 is 16.7 Å². The summed E-state index contributed by atoms with van der Waals surface area (Å²) in [5.41, 5.74) is 2.98. The summed E-state index contributed by atoms with van der Waals surface area (Å²) in [7, 11) is 0. The van der Waals surface area contributed by atoms with E-state index < -0.39 is 0 Å². The van der Waals surface area contributed by atoms with E-state index in [-0.39, 0.29) is 0 Å².